The number of aromatic nitrogens is 1. The van der Waals surface area contributed by atoms with E-state index in [1.165, 1.54) is 0 Å². The van der Waals surface area contributed by atoms with E-state index in [2.05, 4.69) is 19.9 Å². The number of nitrogens with one attached hydrogen (secondary N) is 1. The number of carbonyl (C=O) groups is 1. The molecule has 0 spiro atoms. The lowest BCUT2D eigenvalue weighted by atomic mass is 9.94. The third-order valence-corrected chi connectivity index (χ3v) is 5.54. The molecule has 0 bridgehead atoms. The molecular weight excluding hydrogens is 454 g/mol. The van der Waals surface area contributed by atoms with Crippen LogP contribution in [0.3, 0.4) is 0 Å². The smallest absolute Gasteiger partial charge is 0.320 e. The van der Waals surface area contributed by atoms with Crippen molar-refractivity contribution in [3.05, 3.63) is 74.8 Å². The predicted molar refractivity (Wildman–Crippen MR) is 129 cm³/mol. The van der Waals surface area contributed by atoms with E-state index < -0.39 is 17.6 Å². The molecule has 0 saturated carbocycles. The summed E-state index contributed by atoms with van der Waals surface area (Å²) in [6.45, 7) is 3.81. The molecule has 2 aliphatic heterocycles. The maximum atomic E-state index is 11.0. The number of hydrogen-bond acceptors (Lipinski definition) is 9. The fourth-order valence-electron chi connectivity index (χ4n) is 3.65. The van der Waals surface area contributed by atoms with Crippen LogP contribution in [0.15, 0.2) is 55.9 Å². The topological polar surface area (TPSA) is 179 Å². The number of carboxylic acids is 1. The van der Waals surface area contributed by atoms with Crippen molar-refractivity contribution in [2.75, 3.05) is 12.5 Å². The first kappa shape index (κ1) is 23.8. The van der Waals surface area contributed by atoms with Crippen LogP contribution in [0.1, 0.15) is 34.9 Å². The number of aromatic amines is 1. The molecule has 0 saturated heterocycles. The van der Waals surface area contributed by atoms with E-state index in [9.17, 15) is 9.59 Å². The predicted octanol–water partition coefficient (Wildman–Crippen LogP) is 2.00. The second kappa shape index (κ2) is 9.85. The van der Waals surface area contributed by atoms with Crippen molar-refractivity contribution in [2.45, 2.75) is 32.7 Å². The normalized spacial score (nSPS) is 14.6. The summed E-state index contributed by atoms with van der Waals surface area (Å²) in [5.41, 5.74) is 16.5. The lowest BCUT2D eigenvalue weighted by Gasteiger charge is -2.11. The van der Waals surface area contributed by atoms with Gasteiger partial charge < -0.3 is 30.6 Å². The number of anilines is 1. The van der Waals surface area contributed by atoms with Crippen LogP contribution in [0, 0.1) is 6.92 Å². The van der Waals surface area contributed by atoms with E-state index >= 15 is 0 Å². The van der Waals surface area contributed by atoms with Gasteiger partial charge in [0.25, 0.3) is 5.56 Å². The van der Waals surface area contributed by atoms with Crippen molar-refractivity contribution in [3.8, 4) is 11.5 Å². The van der Waals surface area contributed by atoms with Gasteiger partial charge in [0.2, 0.25) is 6.79 Å². The number of ether oxygens (including phenoxy) is 2. The lowest BCUT2D eigenvalue weighted by molar-refractivity contribution is -0.138. The summed E-state index contributed by atoms with van der Waals surface area (Å²) < 4.78 is 15.7. The first-order valence-corrected chi connectivity index (χ1v) is 10.8. The SMILES string of the molecule is CC1=NN=C(c2ccc(N)cc2)c2cc3c(cc2C1)OCO3.Cc1o[nH]c(=O)c1C[C@H](N)C(=O)O. The van der Waals surface area contributed by atoms with Gasteiger partial charge in [-0.3, -0.25) is 9.59 Å². The fourth-order valence-corrected chi connectivity index (χ4v) is 3.65. The maximum Gasteiger partial charge on any atom is 0.320 e. The summed E-state index contributed by atoms with van der Waals surface area (Å²) in [5.74, 6) is 0.772. The van der Waals surface area contributed by atoms with Gasteiger partial charge in [0.1, 0.15) is 17.5 Å². The average Bonchev–Trinajstić information content (AvgIpc) is 3.36. The van der Waals surface area contributed by atoms with E-state index in [0.29, 0.717) is 5.76 Å². The molecule has 2 aromatic carbocycles. The highest BCUT2D eigenvalue weighted by Gasteiger charge is 2.22. The van der Waals surface area contributed by atoms with Crippen molar-refractivity contribution in [2.24, 2.45) is 15.9 Å². The number of H-pyrrole nitrogens is 1. The van der Waals surface area contributed by atoms with Gasteiger partial charge in [0.15, 0.2) is 11.5 Å². The highest BCUT2D eigenvalue weighted by molar-refractivity contribution is 6.15. The van der Waals surface area contributed by atoms with Gasteiger partial charge >= 0.3 is 5.97 Å². The molecule has 0 fully saturated rings. The molecule has 182 valence electrons. The van der Waals surface area contributed by atoms with Gasteiger partial charge in [-0.2, -0.15) is 10.3 Å². The zero-order valence-electron chi connectivity index (χ0n) is 19.2. The number of aliphatic carboxylic acids is 1. The number of fused-ring (bicyclic) bond motifs is 2. The summed E-state index contributed by atoms with van der Waals surface area (Å²) in [6.07, 6.45) is 0.723. The molecule has 11 nitrogen and oxygen atoms in total. The summed E-state index contributed by atoms with van der Waals surface area (Å²) >= 11 is 0. The van der Waals surface area contributed by atoms with Crippen LogP contribution in [0.2, 0.25) is 0 Å². The zero-order valence-corrected chi connectivity index (χ0v) is 19.2. The molecule has 11 heteroatoms. The van der Waals surface area contributed by atoms with Crippen LogP contribution in [0.25, 0.3) is 0 Å². The van der Waals surface area contributed by atoms with Gasteiger partial charge in [-0.05, 0) is 43.7 Å². The summed E-state index contributed by atoms with van der Waals surface area (Å²) in [4.78, 5) is 21.4. The Hall–Kier alpha value is -4.38. The first-order valence-electron chi connectivity index (χ1n) is 10.8. The number of nitrogens with zero attached hydrogens (tertiary/aromatic N) is 2. The summed E-state index contributed by atoms with van der Waals surface area (Å²) in [7, 11) is 0. The van der Waals surface area contributed by atoms with Crippen molar-refractivity contribution in [1.29, 1.82) is 0 Å². The van der Waals surface area contributed by atoms with Gasteiger partial charge in [-0.1, -0.05) is 12.1 Å². The number of nitrogen functional groups attached to an aromatic ring is 1. The highest BCUT2D eigenvalue weighted by Crippen LogP contribution is 2.36. The van der Waals surface area contributed by atoms with E-state index in [1.807, 2.05) is 43.3 Å². The molecule has 0 amide bonds. The molecular formula is C24H25N5O6. The quantitative estimate of drug-likeness (QED) is 0.410. The second-order valence-electron chi connectivity index (χ2n) is 8.16. The minimum atomic E-state index is -1.14. The molecule has 0 aliphatic carbocycles. The Balaban J connectivity index is 0.000000191. The van der Waals surface area contributed by atoms with Crippen molar-refractivity contribution in [1.82, 2.24) is 5.16 Å². The van der Waals surface area contributed by atoms with Crippen LogP contribution in [0.4, 0.5) is 5.69 Å². The number of hydrogen-bond donors (Lipinski definition) is 4. The lowest BCUT2D eigenvalue weighted by Crippen LogP contribution is -2.33. The van der Waals surface area contributed by atoms with Gasteiger partial charge in [0.05, 0.1) is 5.56 Å². The molecule has 35 heavy (non-hydrogen) atoms. The van der Waals surface area contributed by atoms with E-state index in [4.69, 9.17) is 26.0 Å². The molecule has 2 aliphatic rings. The Bertz CT molecular complexity index is 1370. The van der Waals surface area contributed by atoms with Crippen molar-refractivity contribution >= 4 is 23.1 Å². The molecule has 1 aromatic heterocycles. The maximum absolute atomic E-state index is 11.0. The Labute approximate surface area is 200 Å². The number of carboxylic acid groups (broad SMARTS) is 1. The Morgan fingerprint density at radius 1 is 1.14 bits per heavy atom. The zero-order chi connectivity index (χ0) is 25.1. The fraction of sp³-hybridized carbons (Fsp3) is 0.250. The third kappa shape index (κ3) is 5.25. The molecule has 0 radical (unpaired) electrons. The third-order valence-electron chi connectivity index (χ3n) is 5.54. The number of aryl methyl sites for hydroxylation is 1. The minimum Gasteiger partial charge on any atom is -0.480 e. The van der Waals surface area contributed by atoms with Crippen LogP contribution in [-0.2, 0) is 17.6 Å². The Morgan fingerprint density at radius 2 is 1.83 bits per heavy atom. The van der Waals surface area contributed by atoms with E-state index in [-0.39, 0.29) is 18.8 Å². The van der Waals surface area contributed by atoms with Gasteiger partial charge in [0, 0.05) is 35.4 Å². The number of benzene rings is 2. The monoisotopic (exact) mass is 479 g/mol. The van der Waals surface area contributed by atoms with Crippen molar-refractivity contribution < 1.29 is 23.9 Å². The van der Waals surface area contributed by atoms with Gasteiger partial charge in [-0.25, -0.2) is 0 Å². The highest BCUT2D eigenvalue weighted by atomic mass is 16.7. The number of rotatable bonds is 4. The Kier molecular flexibility index (Phi) is 6.69. The first-order chi connectivity index (χ1) is 16.7. The molecule has 3 aromatic rings. The second-order valence-corrected chi connectivity index (χ2v) is 8.16. The summed E-state index contributed by atoms with van der Waals surface area (Å²) in [6, 6.07) is 10.6. The molecule has 0 unspecified atom stereocenters. The minimum absolute atomic E-state index is 0.0208. The van der Waals surface area contributed by atoms with E-state index in [0.717, 1.165) is 51.7 Å². The standard InChI is InChI=1S/C17H15N3O2.C7H10N2O4/c1-10-6-12-7-15-16(22-9-21-15)8-14(12)17(20-19-10)11-2-4-13(18)5-3-11;1-3-4(6(10)9-13-3)2-5(8)7(11)12/h2-5,7-8H,6,9,18H2,1H3;5H,2,8H2,1H3,(H,9,10)(H,11,12)/t;5-/m.0/s1. The van der Waals surface area contributed by atoms with Crippen molar-refractivity contribution in [3.63, 3.8) is 0 Å². The largest absolute Gasteiger partial charge is 0.480 e. The molecule has 6 N–H and O–H groups in total. The van der Waals surface area contributed by atoms with Crippen LogP contribution in [0.5, 0.6) is 11.5 Å². The van der Waals surface area contributed by atoms with Crippen LogP contribution in [-0.4, -0.2) is 40.5 Å². The number of nitrogens with two attached hydrogens (primary N) is 2. The van der Waals surface area contributed by atoms with Gasteiger partial charge in [-0.15, -0.1) is 5.10 Å². The van der Waals surface area contributed by atoms with Crippen LogP contribution >= 0.6 is 0 Å². The van der Waals surface area contributed by atoms with E-state index in [1.54, 1.807) is 6.92 Å². The summed E-state index contributed by atoms with van der Waals surface area (Å²) in [5, 5.41) is 19.3. The Morgan fingerprint density at radius 3 is 2.46 bits per heavy atom. The molecule has 3 heterocycles. The average molecular weight is 479 g/mol. The molecule has 1 atom stereocenters. The van der Waals surface area contributed by atoms with Crippen LogP contribution < -0.4 is 26.5 Å². The molecule has 5 rings (SSSR count).